The molecule has 12 aromatic carbocycles. The zero-order chi connectivity index (χ0) is 66.8. The fraction of sp³-hybridized carbons (Fsp3) is 0.0312. The predicted molar refractivity (Wildman–Crippen MR) is 424 cm³/mol. The average Bonchev–Trinajstić information content (AvgIpc) is 1.51. The number of fused-ring (bicyclic) bond motifs is 36. The molecule has 6 aliphatic carbocycles. The second-order valence-corrected chi connectivity index (χ2v) is 30.5. The lowest BCUT2D eigenvalue weighted by Crippen LogP contribution is -2.25. The number of benzene rings is 12. The van der Waals surface area contributed by atoms with Gasteiger partial charge in [0.05, 0.1) is 21.9 Å². The van der Waals surface area contributed by atoms with Crippen molar-refractivity contribution in [3.05, 3.63) is 411 Å². The van der Waals surface area contributed by atoms with E-state index in [0.29, 0.717) is 0 Å². The summed E-state index contributed by atoms with van der Waals surface area (Å²) < 4.78 is 4.06. The number of rotatable bonds is 3. The molecule has 474 valence electrons. The molecule has 24 rings (SSSR count). The van der Waals surface area contributed by atoms with Gasteiger partial charge in [0.25, 0.3) is 0 Å². The predicted octanol–water partition coefficient (Wildman–Crippen LogP) is 24.9. The molecule has 0 saturated carbocycles. The van der Waals surface area contributed by atoms with E-state index in [1.54, 1.807) is 0 Å². The number of hydrogen-bond acceptors (Lipinski definition) is 6. The standard InChI is InChI=1S/3C32H19NS/c1-4-15-26-22(10-1)23-11-2-5-16-27(23)32(26)30-21(20-9-8-18-33-19-20)13-7-14-25(30)29-24-12-3-6-17-28(24)34-31(29)32;1-4-12-25-21(9-1)22-10-2-5-13-26(22)32(25)27-17-16-20(28-14-7-8-18-33-28)19-24(27)30-23-11-3-6-15-29(23)34-31(30)32;1-4-10-26-22(7-1)23-14-13-21(20-15-17-33-18-16-20)19-28(23)32(26)27-11-5-2-8-24(27)30-25-9-3-6-12-29(25)34-31(30)32/h3*1-19H. The Morgan fingerprint density at radius 1 is 0.225 bits per heavy atom. The first kappa shape index (κ1) is 57.8. The van der Waals surface area contributed by atoms with Gasteiger partial charge in [0, 0.05) is 104 Å². The lowest BCUT2D eigenvalue weighted by molar-refractivity contribution is 0.812. The molecule has 0 saturated heterocycles. The van der Waals surface area contributed by atoms with E-state index >= 15 is 0 Å². The molecule has 18 aromatic rings. The molecular formula is C96H57N3S3. The Labute approximate surface area is 602 Å². The highest BCUT2D eigenvalue weighted by Crippen LogP contribution is 2.70. The van der Waals surface area contributed by atoms with E-state index in [-0.39, 0.29) is 16.2 Å². The summed E-state index contributed by atoms with van der Waals surface area (Å²) in [5, 5.41) is 4.06. The maximum absolute atomic E-state index is 4.64. The van der Waals surface area contributed by atoms with Crippen LogP contribution in [0.25, 0.3) is 131 Å². The highest BCUT2D eigenvalue weighted by molar-refractivity contribution is 7.21. The minimum absolute atomic E-state index is 0.274. The first-order chi connectivity index (χ1) is 50.6. The van der Waals surface area contributed by atoms with Crippen LogP contribution >= 0.6 is 34.0 Å². The van der Waals surface area contributed by atoms with E-state index in [1.165, 1.54) is 184 Å². The van der Waals surface area contributed by atoms with E-state index in [1.807, 2.05) is 77.1 Å². The average molecular weight is 1350 g/mol. The minimum Gasteiger partial charge on any atom is -0.265 e. The van der Waals surface area contributed by atoms with Gasteiger partial charge in [-0.3, -0.25) is 15.0 Å². The van der Waals surface area contributed by atoms with Crippen LogP contribution in [0.2, 0.25) is 0 Å². The third-order valence-electron chi connectivity index (χ3n) is 22.7. The van der Waals surface area contributed by atoms with Gasteiger partial charge in [0.2, 0.25) is 0 Å². The van der Waals surface area contributed by atoms with Crippen molar-refractivity contribution < 1.29 is 0 Å². The van der Waals surface area contributed by atoms with E-state index in [2.05, 4.69) is 318 Å². The van der Waals surface area contributed by atoms with Crippen LogP contribution in [-0.4, -0.2) is 15.0 Å². The summed E-state index contributed by atoms with van der Waals surface area (Å²) in [6.45, 7) is 0. The monoisotopic (exact) mass is 1350 g/mol. The summed E-state index contributed by atoms with van der Waals surface area (Å²) in [5.74, 6) is 0. The molecule has 0 aliphatic heterocycles. The minimum atomic E-state index is -0.325. The van der Waals surface area contributed by atoms with Crippen molar-refractivity contribution in [2.45, 2.75) is 16.2 Å². The molecule has 0 amide bonds. The molecule has 102 heavy (non-hydrogen) atoms. The molecule has 6 heteroatoms. The van der Waals surface area contributed by atoms with Crippen molar-refractivity contribution >= 4 is 64.3 Å². The van der Waals surface area contributed by atoms with Crippen LogP contribution in [0, 0.1) is 0 Å². The lowest BCUT2D eigenvalue weighted by atomic mass is 9.71. The van der Waals surface area contributed by atoms with Gasteiger partial charge in [-0.2, -0.15) is 0 Å². The quantitative estimate of drug-likeness (QED) is 0.177. The van der Waals surface area contributed by atoms with Gasteiger partial charge in [0.1, 0.15) is 0 Å². The molecule has 1 unspecified atom stereocenters. The Morgan fingerprint density at radius 2 is 0.647 bits per heavy atom. The van der Waals surface area contributed by atoms with Crippen LogP contribution in [0.3, 0.4) is 0 Å². The summed E-state index contributed by atoms with van der Waals surface area (Å²) in [4.78, 5) is 17.7. The molecule has 3 nitrogen and oxygen atoms in total. The summed E-state index contributed by atoms with van der Waals surface area (Å²) >= 11 is 5.86. The zero-order valence-electron chi connectivity index (χ0n) is 55.0. The maximum Gasteiger partial charge on any atom is 0.0825 e. The smallest absolute Gasteiger partial charge is 0.0825 e. The van der Waals surface area contributed by atoms with Gasteiger partial charge in [-0.15, -0.1) is 34.0 Å². The fourth-order valence-corrected chi connectivity index (χ4v) is 23.2. The normalized spacial score (nSPS) is 15.1. The molecule has 6 heterocycles. The van der Waals surface area contributed by atoms with Gasteiger partial charge < -0.3 is 0 Å². The van der Waals surface area contributed by atoms with Crippen molar-refractivity contribution in [3.8, 4) is 100 Å². The van der Waals surface area contributed by atoms with Gasteiger partial charge >= 0.3 is 0 Å². The Bertz CT molecular complexity index is 6400. The second-order valence-electron chi connectivity index (χ2n) is 27.4. The maximum atomic E-state index is 4.64. The summed E-state index contributed by atoms with van der Waals surface area (Å²) in [7, 11) is 0. The number of pyridine rings is 3. The van der Waals surface area contributed by atoms with E-state index in [9.17, 15) is 0 Å². The Morgan fingerprint density at radius 3 is 1.19 bits per heavy atom. The fourth-order valence-electron chi connectivity index (χ4n) is 18.9. The number of nitrogens with zero attached hydrogens (tertiary/aromatic N) is 3. The van der Waals surface area contributed by atoms with Crippen molar-refractivity contribution in [2.75, 3.05) is 0 Å². The summed E-state index contributed by atoms with van der Waals surface area (Å²) in [6, 6.07) is 116. The van der Waals surface area contributed by atoms with Gasteiger partial charge in [-0.25, -0.2) is 0 Å². The molecule has 0 N–H and O–H groups in total. The Hall–Kier alpha value is -12.0. The summed E-state index contributed by atoms with van der Waals surface area (Å²) in [6.07, 6.45) is 9.48. The Kier molecular flexibility index (Phi) is 12.5. The van der Waals surface area contributed by atoms with E-state index < -0.39 is 0 Å². The molecule has 3 spiro atoms. The largest absolute Gasteiger partial charge is 0.265 e. The third-order valence-corrected chi connectivity index (χ3v) is 26.6. The van der Waals surface area contributed by atoms with E-state index in [4.69, 9.17) is 0 Å². The zero-order valence-corrected chi connectivity index (χ0v) is 57.4. The highest BCUT2D eigenvalue weighted by Gasteiger charge is 2.57. The van der Waals surface area contributed by atoms with Crippen molar-refractivity contribution in [1.29, 1.82) is 0 Å². The lowest BCUT2D eigenvalue weighted by Gasteiger charge is -2.31. The van der Waals surface area contributed by atoms with Crippen LogP contribution in [0.15, 0.2) is 346 Å². The SMILES string of the molecule is c1ccc(-c2ccc3c(c2)-c2c(sc4ccccc24)C32c3ccccc3-c3ccccc32)nc1.c1ccc2c(c1)-c1ccc(-c3ccncc3)cc1C21c2ccccc2-c2c1sc1ccccc21.c1cncc(-c2cccc3c2C2(c4ccccc4-c4ccccc42)c2sc4ccccc4c2-3)c1. The molecule has 6 aliphatic rings. The first-order valence-corrected chi connectivity index (χ1v) is 37.4. The first-order valence-electron chi connectivity index (χ1n) is 34.9. The van der Waals surface area contributed by atoms with Crippen molar-refractivity contribution in [3.63, 3.8) is 0 Å². The summed E-state index contributed by atoms with van der Waals surface area (Å²) in [5.41, 5.74) is 35.0. The molecular weight excluding hydrogens is 1290 g/mol. The molecule has 0 bridgehead atoms. The van der Waals surface area contributed by atoms with E-state index in [0.717, 1.165) is 11.3 Å². The van der Waals surface area contributed by atoms with Gasteiger partial charge in [0.15, 0.2) is 0 Å². The van der Waals surface area contributed by atoms with Crippen molar-refractivity contribution in [2.24, 2.45) is 0 Å². The van der Waals surface area contributed by atoms with Crippen LogP contribution < -0.4 is 0 Å². The number of thiophene rings is 3. The van der Waals surface area contributed by atoms with Crippen molar-refractivity contribution in [1.82, 2.24) is 15.0 Å². The number of hydrogen-bond donors (Lipinski definition) is 0. The van der Waals surface area contributed by atoms with Crippen LogP contribution in [0.4, 0.5) is 0 Å². The molecule has 0 radical (unpaired) electrons. The number of aromatic nitrogens is 3. The second kappa shape index (κ2) is 22.0. The Balaban J connectivity index is 0.0000000967. The molecule has 0 fully saturated rings. The highest BCUT2D eigenvalue weighted by atomic mass is 32.1. The van der Waals surface area contributed by atoms with Crippen LogP contribution in [0.5, 0.6) is 0 Å². The van der Waals surface area contributed by atoms with Crippen LogP contribution in [0.1, 0.15) is 64.7 Å². The van der Waals surface area contributed by atoms with Gasteiger partial charge in [-0.1, -0.05) is 255 Å². The topological polar surface area (TPSA) is 38.7 Å². The molecule has 1 atom stereocenters. The molecule has 6 aromatic heterocycles. The van der Waals surface area contributed by atoms with Gasteiger partial charge in [-0.05, 0) is 177 Å². The van der Waals surface area contributed by atoms with Crippen LogP contribution in [-0.2, 0) is 16.2 Å². The third kappa shape index (κ3) is 7.65.